The first-order valence-corrected chi connectivity index (χ1v) is 10.7. The summed E-state index contributed by atoms with van der Waals surface area (Å²) in [5.41, 5.74) is 0.917. The Morgan fingerprint density at radius 3 is 2.63 bits per heavy atom. The quantitative estimate of drug-likeness (QED) is 0.637. The van der Waals surface area contributed by atoms with Crippen molar-refractivity contribution in [3.63, 3.8) is 0 Å². The zero-order chi connectivity index (χ0) is 19.1. The van der Waals surface area contributed by atoms with E-state index in [9.17, 15) is 4.79 Å². The van der Waals surface area contributed by atoms with Crippen LogP contribution in [0.3, 0.4) is 0 Å². The minimum atomic E-state index is -0.815. The van der Waals surface area contributed by atoms with Gasteiger partial charge >= 0.3 is 5.97 Å². The molecule has 0 radical (unpaired) electrons. The average Bonchev–Trinajstić information content (AvgIpc) is 3.09. The number of aromatic nitrogens is 3. The number of aliphatic carboxylic acids is 1. The van der Waals surface area contributed by atoms with Crippen LogP contribution in [-0.4, -0.2) is 38.2 Å². The number of hydrogen-bond acceptors (Lipinski definition) is 5. The predicted molar refractivity (Wildman–Crippen MR) is 106 cm³/mol. The number of ether oxygens (including phenoxy) is 1. The van der Waals surface area contributed by atoms with E-state index in [0.717, 1.165) is 28.1 Å². The Bertz CT molecular complexity index is 739. The number of hydrogen-bond donors (Lipinski definition) is 1. The molecule has 1 aromatic heterocycles. The van der Waals surface area contributed by atoms with E-state index in [1.165, 1.54) is 32.1 Å². The number of carboxylic acids is 1. The molecule has 0 unspecified atom stereocenters. The Balaban J connectivity index is 1.77. The number of carboxylic acid groups (broad SMARTS) is 1. The summed E-state index contributed by atoms with van der Waals surface area (Å²) in [7, 11) is 0. The number of benzene rings is 1. The van der Waals surface area contributed by atoms with Crippen LogP contribution in [-0.2, 0) is 11.3 Å². The summed E-state index contributed by atoms with van der Waals surface area (Å²) >= 11 is 1.70. The van der Waals surface area contributed by atoms with Gasteiger partial charge in [0.05, 0.1) is 13.0 Å². The van der Waals surface area contributed by atoms with Gasteiger partial charge in [0, 0.05) is 17.9 Å². The third kappa shape index (κ3) is 5.48. The first kappa shape index (κ1) is 19.7. The lowest BCUT2D eigenvalue weighted by Crippen LogP contribution is -2.11. The maximum Gasteiger partial charge on any atom is 0.305 e. The number of carbonyl (C=O) groups is 1. The lowest BCUT2D eigenvalue weighted by atomic mass is 9.91. The molecule has 1 heterocycles. The van der Waals surface area contributed by atoms with E-state index in [0.29, 0.717) is 19.0 Å². The molecule has 0 amide bonds. The minimum absolute atomic E-state index is 0.0546. The standard InChI is InChI=1S/C20H27N3O3S/c1-2-26-17-10-8-16(9-11-17)19-21-22-20(23(19)13-12-18(24)25)27-14-15-6-4-3-5-7-15/h8-11,15H,2-7,12-14H2,1H3,(H,24,25). The van der Waals surface area contributed by atoms with Crippen molar-refractivity contribution in [3.8, 4) is 17.1 Å². The van der Waals surface area contributed by atoms with Gasteiger partial charge < -0.3 is 14.4 Å². The Morgan fingerprint density at radius 1 is 1.22 bits per heavy atom. The van der Waals surface area contributed by atoms with Gasteiger partial charge in [-0.25, -0.2) is 0 Å². The molecule has 6 nitrogen and oxygen atoms in total. The topological polar surface area (TPSA) is 77.2 Å². The van der Waals surface area contributed by atoms with Gasteiger partial charge in [0.15, 0.2) is 11.0 Å². The fourth-order valence-electron chi connectivity index (χ4n) is 3.43. The second-order valence-corrected chi connectivity index (χ2v) is 7.86. The van der Waals surface area contributed by atoms with Crippen LogP contribution in [0.15, 0.2) is 29.4 Å². The smallest absolute Gasteiger partial charge is 0.305 e. The van der Waals surface area contributed by atoms with Crippen molar-refractivity contribution in [2.75, 3.05) is 12.4 Å². The van der Waals surface area contributed by atoms with E-state index < -0.39 is 5.97 Å². The Morgan fingerprint density at radius 2 is 1.96 bits per heavy atom. The Hall–Kier alpha value is -2.02. The highest BCUT2D eigenvalue weighted by Gasteiger charge is 2.19. The first-order chi connectivity index (χ1) is 13.2. The van der Waals surface area contributed by atoms with Gasteiger partial charge in [0.25, 0.3) is 0 Å². The van der Waals surface area contributed by atoms with E-state index in [-0.39, 0.29) is 6.42 Å². The van der Waals surface area contributed by atoms with E-state index in [2.05, 4.69) is 10.2 Å². The molecular weight excluding hydrogens is 362 g/mol. The molecule has 0 spiro atoms. The van der Waals surface area contributed by atoms with E-state index in [1.807, 2.05) is 35.8 Å². The minimum Gasteiger partial charge on any atom is -0.494 e. The van der Waals surface area contributed by atoms with Crippen molar-refractivity contribution < 1.29 is 14.6 Å². The molecule has 0 atom stereocenters. The molecule has 1 fully saturated rings. The van der Waals surface area contributed by atoms with Crippen molar-refractivity contribution in [2.24, 2.45) is 5.92 Å². The fraction of sp³-hybridized carbons (Fsp3) is 0.550. The molecule has 27 heavy (non-hydrogen) atoms. The third-order valence-corrected chi connectivity index (χ3v) is 6.06. The molecule has 1 aliphatic carbocycles. The molecule has 0 aliphatic heterocycles. The summed E-state index contributed by atoms with van der Waals surface area (Å²) in [5.74, 6) is 2.45. The zero-order valence-electron chi connectivity index (χ0n) is 15.8. The molecule has 3 rings (SSSR count). The van der Waals surface area contributed by atoms with Gasteiger partial charge in [-0.2, -0.15) is 0 Å². The monoisotopic (exact) mass is 389 g/mol. The Kier molecular flexibility index (Phi) is 7.15. The molecule has 146 valence electrons. The van der Waals surface area contributed by atoms with Gasteiger partial charge in [-0.1, -0.05) is 31.0 Å². The van der Waals surface area contributed by atoms with E-state index >= 15 is 0 Å². The largest absolute Gasteiger partial charge is 0.494 e. The fourth-order valence-corrected chi connectivity index (χ4v) is 4.58. The summed E-state index contributed by atoms with van der Waals surface area (Å²) in [6, 6.07) is 7.71. The van der Waals surface area contributed by atoms with Crippen LogP contribution < -0.4 is 4.74 Å². The van der Waals surface area contributed by atoms with Crippen LogP contribution >= 0.6 is 11.8 Å². The van der Waals surface area contributed by atoms with Crippen molar-refractivity contribution in [3.05, 3.63) is 24.3 Å². The summed E-state index contributed by atoms with van der Waals surface area (Å²) < 4.78 is 7.43. The normalized spacial score (nSPS) is 15.0. The highest BCUT2D eigenvalue weighted by atomic mass is 32.2. The van der Waals surface area contributed by atoms with Gasteiger partial charge in [-0.3, -0.25) is 4.79 Å². The molecule has 1 aliphatic rings. The molecule has 2 aromatic rings. The summed E-state index contributed by atoms with van der Waals surface area (Å²) in [6.45, 7) is 2.94. The highest BCUT2D eigenvalue weighted by Crippen LogP contribution is 2.31. The van der Waals surface area contributed by atoms with Crippen molar-refractivity contribution >= 4 is 17.7 Å². The Labute approximate surface area is 164 Å². The van der Waals surface area contributed by atoms with Crippen LogP contribution in [0.1, 0.15) is 45.4 Å². The first-order valence-electron chi connectivity index (χ1n) is 9.68. The zero-order valence-corrected chi connectivity index (χ0v) is 16.6. The predicted octanol–water partition coefficient (Wildman–Crippen LogP) is 4.49. The maximum absolute atomic E-state index is 11.1. The summed E-state index contributed by atoms with van der Waals surface area (Å²) in [4.78, 5) is 11.1. The van der Waals surface area contributed by atoms with Gasteiger partial charge in [-0.15, -0.1) is 10.2 Å². The molecule has 1 aromatic carbocycles. The average molecular weight is 390 g/mol. The second kappa shape index (κ2) is 9.78. The van der Waals surface area contributed by atoms with E-state index in [4.69, 9.17) is 9.84 Å². The second-order valence-electron chi connectivity index (χ2n) is 6.87. The maximum atomic E-state index is 11.1. The van der Waals surface area contributed by atoms with Crippen LogP contribution in [0.2, 0.25) is 0 Å². The lowest BCUT2D eigenvalue weighted by Gasteiger charge is -2.20. The lowest BCUT2D eigenvalue weighted by molar-refractivity contribution is -0.137. The number of rotatable bonds is 9. The van der Waals surface area contributed by atoms with Crippen LogP contribution in [0, 0.1) is 5.92 Å². The summed E-state index contributed by atoms with van der Waals surface area (Å²) in [6.07, 6.45) is 6.59. The summed E-state index contributed by atoms with van der Waals surface area (Å²) in [5, 5.41) is 18.7. The van der Waals surface area contributed by atoms with Crippen LogP contribution in [0.4, 0.5) is 0 Å². The number of thioether (sulfide) groups is 1. The van der Waals surface area contributed by atoms with E-state index in [1.54, 1.807) is 11.8 Å². The van der Waals surface area contributed by atoms with Crippen molar-refractivity contribution in [1.29, 1.82) is 0 Å². The SMILES string of the molecule is CCOc1ccc(-c2nnc(SCC3CCCCC3)n2CCC(=O)O)cc1. The van der Waals surface area contributed by atoms with Gasteiger partial charge in [0.1, 0.15) is 5.75 Å². The van der Waals surface area contributed by atoms with Crippen molar-refractivity contribution in [2.45, 2.75) is 57.1 Å². The molecule has 0 bridgehead atoms. The highest BCUT2D eigenvalue weighted by molar-refractivity contribution is 7.99. The van der Waals surface area contributed by atoms with Gasteiger partial charge in [0.2, 0.25) is 0 Å². The molecular formula is C20H27N3O3S. The van der Waals surface area contributed by atoms with Crippen molar-refractivity contribution in [1.82, 2.24) is 14.8 Å². The number of nitrogens with zero attached hydrogens (tertiary/aromatic N) is 3. The molecule has 1 saturated carbocycles. The molecule has 7 heteroatoms. The molecule has 0 saturated heterocycles. The van der Waals surface area contributed by atoms with Gasteiger partial charge in [-0.05, 0) is 49.9 Å². The molecule has 1 N–H and O–H groups in total. The third-order valence-electron chi connectivity index (χ3n) is 4.86. The van der Waals surface area contributed by atoms with Crippen LogP contribution in [0.5, 0.6) is 5.75 Å². The van der Waals surface area contributed by atoms with Crippen LogP contribution in [0.25, 0.3) is 11.4 Å².